The Balaban J connectivity index is 0.000000147. The molecule has 4 nitrogen and oxygen atoms in total. The van der Waals surface area contributed by atoms with Gasteiger partial charge in [-0.25, -0.2) is 0 Å². The maximum absolute atomic E-state index is 10.4. The number of allylic oxidation sites excluding steroid dienone is 4. The van der Waals surface area contributed by atoms with E-state index in [1.165, 1.54) is 0 Å². The first-order valence-corrected chi connectivity index (χ1v) is 7.33. The van der Waals surface area contributed by atoms with Crippen LogP contribution in [0, 0.1) is 35.5 Å². The summed E-state index contributed by atoms with van der Waals surface area (Å²) in [6.07, 6.45) is 12.0. The average molecular weight is 381 g/mol. The summed E-state index contributed by atoms with van der Waals surface area (Å²) in [5.41, 5.74) is 0. The van der Waals surface area contributed by atoms with Crippen molar-refractivity contribution in [3.63, 3.8) is 0 Å². The minimum atomic E-state index is -0.864. The summed E-state index contributed by atoms with van der Waals surface area (Å²) < 4.78 is 0. The van der Waals surface area contributed by atoms with Gasteiger partial charge in [-0.3, -0.25) is 0 Å². The Hall–Kier alpha value is -0.918. The van der Waals surface area contributed by atoms with E-state index >= 15 is 0 Å². The van der Waals surface area contributed by atoms with Crippen molar-refractivity contribution in [2.75, 3.05) is 0 Å². The molecular weight excluding hydrogens is 363 g/mol. The summed E-state index contributed by atoms with van der Waals surface area (Å²) in [4.78, 5) is 20.9. The minimum Gasteiger partial charge on any atom is -0.550 e. The number of carbonyl (C=O) groups excluding carboxylic acids is 2. The van der Waals surface area contributed by atoms with E-state index in [-0.39, 0.29) is 44.1 Å². The van der Waals surface area contributed by atoms with Crippen molar-refractivity contribution in [2.24, 2.45) is 35.5 Å². The molecule has 0 heterocycles. The normalized spacial score (nSPS) is 40.6. The van der Waals surface area contributed by atoms with Crippen LogP contribution in [0.2, 0.25) is 0 Å². The van der Waals surface area contributed by atoms with Gasteiger partial charge in [0.25, 0.3) is 0 Å². The van der Waals surface area contributed by atoms with Crippen LogP contribution in [0.1, 0.15) is 25.7 Å². The second kappa shape index (κ2) is 6.46. The third-order valence-electron chi connectivity index (χ3n) is 5.16. The molecule has 0 amide bonds. The number of hydrogen-bond donors (Lipinski definition) is 0. The van der Waals surface area contributed by atoms with Gasteiger partial charge in [0.1, 0.15) is 0 Å². The molecule has 0 aromatic heterocycles. The van der Waals surface area contributed by atoms with E-state index in [9.17, 15) is 19.8 Å². The van der Waals surface area contributed by atoms with Crippen molar-refractivity contribution >= 4 is 11.9 Å². The zero-order chi connectivity index (χ0) is 14.3. The van der Waals surface area contributed by atoms with Crippen LogP contribution < -0.4 is 10.2 Å². The van der Waals surface area contributed by atoms with Crippen LogP contribution in [0.25, 0.3) is 0 Å². The largest absolute Gasteiger partial charge is 2.00 e. The number of fused-ring (bicyclic) bond motifs is 4. The summed E-state index contributed by atoms with van der Waals surface area (Å²) in [6, 6.07) is 0. The fraction of sp³-hybridized carbons (Fsp3) is 0.625. The molecule has 5 heteroatoms. The van der Waals surface area contributed by atoms with Crippen molar-refractivity contribution in [3.05, 3.63) is 24.3 Å². The van der Waals surface area contributed by atoms with Crippen molar-refractivity contribution in [2.45, 2.75) is 25.7 Å². The van der Waals surface area contributed by atoms with E-state index in [1.54, 1.807) is 0 Å². The fourth-order valence-electron chi connectivity index (χ4n) is 4.10. The first kappa shape index (κ1) is 16.5. The number of carboxylic acids is 2. The van der Waals surface area contributed by atoms with Gasteiger partial charge in [-0.1, -0.05) is 24.3 Å². The topological polar surface area (TPSA) is 80.3 Å². The molecule has 6 unspecified atom stereocenters. The standard InChI is InChI=1S/2C8H10O2.Pd/c2*9-8(10)7-4-5-1-2-6(7)3-5;/h2*1-2,5-7H,3-4H2,(H,9,10);/q;;+2/p-2. The van der Waals surface area contributed by atoms with Gasteiger partial charge < -0.3 is 19.8 Å². The Morgan fingerprint density at radius 3 is 1.24 bits per heavy atom. The van der Waals surface area contributed by atoms with Gasteiger partial charge in [-0.05, 0) is 49.4 Å². The van der Waals surface area contributed by atoms with Gasteiger partial charge in [0.15, 0.2) is 0 Å². The van der Waals surface area contributed by atoms with Gasteiger partial charge in [0.2, 0.25) is 0 Å². The molecule has 4 rings (SSSR count). The summed E-state index contributed by atoms with van der Waals surface area (Å²) in [7, 11) is 0. The Bertz CT molecular complexity index is 441. The monoisotopic (exact) mass is 380 g/mol. The molecule has 4 aliphatic rings. The summed E-state index contributed by atoms with van der Waals surface area (Å²) >= 11 is 0. The van der Waals surface area contributed by atoms with Crippen LogP contribution >= 0.6 is 0 Å². The van der Waals surface area contributed by atoms with Crippen molar-refractivity contribution in [1.82, 2.24) is 0 Å². The zero-order valence-corrected chi connectivity index (χ0v) is 13.1. The third kappa shape index (κ3) is 3.30. The van der Waals surface area contributed by atoms with E-state index < -0.39 is 11.9 Å². The molecule has 2 saturated carbocycles. The van der Waals surface area contributed by atoms with Crippen molar-refractivity contribution < 1.29 is 40.2 Å². The van der Waals surface area contributed by atoms with E-state index in [2.05, 4.69) is 12.2 Å². The Morgan fingerprint density at radius 1 is 0.714 bits per heavy atom. The zero-order valence-electron chi connectivity index (χ0n) is 11.6. The average Bonchev–Trinajstić information content (AvgIpc) is 3.18. The van der Waals surface area contributed by atoms with Gasteiger partial charge in [-0.2, -0.15) is 0 Å². The van der Waals surface area contributed by atoms with Gasteiger partial charge in [0.05, 0.1) is 0 Å². The number of aliphatic carboxylic acids is 2. The second-order valence-electron chi connectivity index (χ2n) is 6.41. The van der Waals surface area contributed by atoms with Crippen LogP contribution in [-0.2, 0) is 30.0 Å². The van der Waals surface area contributed by atoms with Gasteiger partial charge in [0, 0.05) is 23.8 Å². The van der Waals surface area contributed by atoms with Gasteiger partial charge >= 0.3 is 20.4 Å². The molecule has 4 bridgehead atoms. The van der Waals surface area contributed by atoms with Crippen LogP contribution in [-0.4, -0.2) is 11.9 Å². The summed E-state index contributed by atoms with van der Waals surface area (Å²) in [5, 5.41) is 20.9. The Labute approximate surface area is 138 Å². The van der Waals surface area contributed by atoms with Crippen LogP contribution in [0.15, 0.2) is 24.3 Å². The fourth-order valence-corrected chi connectivity index (χ4v) is 4.10. The molecule has 0 spiro atoms. The van der Waals surface area contributed by atoms with E-state index in [0.29, 0.717) is 11.8 Å². The number of hydrogen-bond acceptors (Lipinski definition) is 4. The predicted octanol–water partition coefficient (Wildman–Crippen LogP) is -0.106. The first-order chi connectivity index (χ1) is 9.54. The minimum absolute atomic E-state index is 0. The Morgan fingerprint density at radius 2 is 1.10 bits per heavy atom. The first-order valence-electron chi connectivity index (χ1n) is 7.33. The molecule has 0 saturated heterocycles. The van der Waals surface area contributed by atoms with Crippen molar-refractivity contribution in [1.29, 1.82) is 0 Å². The molecule has 0 aromatic rings. The molecule has 2 fully saturated rings. The molecule has 0 aromatic carbocycles. The molecule has 0 radical (unpaired) electrons. The van der Waals surface area contributed by atoms with Crippen molar-refractivity contribution in [3.8, 4) is 0 Å². The van der Waals surface area contributed by atoms with E-state index in [1.807, 2.05) is 12.2 Å². The molecule has 6 atom stereocenters. The number of carbonyl (C=O) groups is 2. The summed E-state index contributed by atoms with van der Waals surface area (Å²) in [6.45, 7) is 0. The predicted molar refractivity (Wildman–Crippen MR) is 67.7 cm³/mol. The molecular formula is C16H18O4Pd. The second-order valence-corrected chi connectivity index (χ2v) is 6.41. The SMILES string of the molecule is O=C([O-])C1CC2C=CC1C2.O=C([O-])C1CC2C=CC1C2.[Pd+2]. The number of rotatable bonds is 2. The Kier molecular flexibility index (Phi) is 5.06. The maximum Gasteiger partial charge on any atom is 2.00 e. The smallest absolute Gasteiger partial charge is 0.550 e. The van der Waals surface area contributed by atoms with Crippen LogP contribution in [0.5, 0.6) is 0 Å². The van der Waals surface area contributed by atoms with E-state index in [0.717, 1.165) is 25.7 Å². The van der Waals surface area contributed by atoms with Crippen LogP contribution in [0.4, 0.5) is 0 Å². The van der Waals surface area contributed by atoms with E-state index in [4.69, 9.17) is 0 Å². The third-order valence-corrected chi connectivity index (χ3v) is 5.16. The molecule has 4 aliphatic carbocycles. The summed E-state index contributed by atoms with van der Waals surface area (Å²) in [5.74, 6) is -0.454. The van der Waals surface area contributed by atoms with Gasteiger partial charge in [-0.15, -0.1) is 0 Å². The molecule has 0 N–H and O–H groups in total. The maximum atomic E-state index is 10.4. The van der Waals surface area contributed by atoms with Crippen LogP contribution in [0.3, 0.4) is 0 Å². The molecule has 21 heavy (non-hydrogen) atoms. The quantitative estimate of drug-likeness (QED) is 0.495. The molecule has 0 aliphatic heterocycles. The molecule has 116 valence electrons. The number of carboxylic acid groups (broad SMARTS) is 2.